The fourth-order valence-corrected chi connectivity index (χ4v) is 5.46. The molecule has 6 rings (SSSR count). The Bertz CT molecular complexity index is 1520. The van der Waals surface area contributed by atoms with Crippen LogP contribution in [0.5, 0.6) is 0 Å². The lowest BCUT2D eigenvalue weighted by molar-refractivity contribution is 0.153. The number of aromatic nitrogens is 4. The zero-order valence-corrected chi connectivity index (χ0v) is 24.6. The predicted octanol–water partition coefficient (Wildman–Crippen LogP) is 6.95. The van der Waals surface area contributed by atoms with Crippen LogP contribution in [0.25, 0.3) is 11.3 Å². The van der Waals surface area contributed by atoms with Crippen molar-refractivity contribution in [3.05, 3.63) is 137 Å². The summed E-state index contributed by atoms with van der Waals surface area (Å²) in [5, 5.41) is 3.48. The largest absolute Gasteiger partial charge is 0.341 e. The van der Waals surface area contributed by atoms with Gasteiger partial charge < -0.3 is 10.3 Å². The molecule has 1 atom stereocenters. The van der Waals surface area contributed by atoms with Crippen molar-refractivity contribution in [1.29, 1.82) is 0 Å². The zero-order valence-electron chi connectivity index (χ0n) is 22.8. The Morgan fingerprint density at radius 2 is 1.63 bits per heavy atom. The summed E-state index contributed by atoms with van der Waals surface area (Å²) in [6.07, 6.45) is 8.83. The second-order valence-electron chi connectivity index (χ2n) is 10.4. The van der Waals surface area contributed by atoms with E-state index in [1.807, 2.05) is 42.9 Å². The highest BCUT2D eigenvalue weighted by Crippen LogP contribution is 2.34. The summed E-state index contributed by atoms with van der Waals surface area (Å²) in [6.45, 7) is 2.98. The van der Waals surface area contributed by atoms with Gasteiger partial charge in [-0.15, -0.1) is 17.0 Å². The fraction of sp³-hybridized carbons (Fsp3) is 0.242. The maximum Gasteiger partial charge on any atom is 0.123 e. The molecular weight excluding hydrogens is 579 g/mol. The first kappa shape index (κ1) is 28.8. The van der Waals surface area contributed by atoms with E-state index in [1.54, 1.807) is 12.1 Å². The molecule has 0 radical (unpaired) electrons. The Morgan fingerprint density at radius 3 is 2.44 bits per heavy atom. The van der Waals surface area contributed by atoms with Crippen LogP contribution < -0.4 is 5.32 Å². The van der Waals surface area contributed by atoms with Crippen molar-refractivity contribution in [3.8, 4) is 11.3 Å². The first-order valence-corrected chi connectivity index (χ1v) is 13.9. The first-order valence-electron chi connectivity index (χ1n) is 13.9. The summed E-state index contributed by atoms with van der Waals surface area (Å²) >= 11 is 0. The smallest absolute Gasteiger partial charge is 0.123 e. The molecule has 0 saturated carbocycles. The maximum absolute atomic E-state index is 13.4. The molecule has 0 fully saturated rings. The average molecular weight is 614 g/mol. The van der Waals surface area contributed by atoms with Crippen LogP contribution in [0.15, 0.2) is 97.5 Å². The average Bonchev–Trinajstić information content (AvgIpc) is 3.47. The fourth-order valence-electron chi connectivity index (χ4n) is 5.46. The van der Waals surface area contributed by atoms with Crippen LogP contribution >= 0.6 is 17.0 Å². The van der Waals surface area contributed by atoms with Crippen LogP contribution in [-0.2, 0) is 32.6 Å². The molecule has 1 unspecified atom stereocenters. The van der Waals surface area contributed by atoms with E-state index in [2.05, 4.69) is 50.5 Å². The molecule has 0 aliphatic heterocycles. The quantitative estimate of drug-likeness (QED) is 0.178. The van der Waals surface area contributed by atoms with E-state index in [0.717, 1.165) is 61.7 Å². The number of fused-ring (bicyclic) bond motifs is 1. The van der Waals surface area contributed by atoms with E-state index in [4.69, 9.17) is 9.97 Å². The Morgan fingerprint density at radius 1 is 0.829 bits per heavy atom. The van der Waals surface area contributed by atoms with Crippen molar-refractivity contribution in [1.82, 2.24) is 30.2 Å². The monoisotopic (exact) mass is 612 g/mol. The van der Waals surface area contributed by atoms with Gasteiger partial charge in [0.05, 0.1) is 35.9 Å². The highest BCUT2D eigenvalue weighted by Gasteiger charge is 2.28. The number of imidazole rings is 1. The Hall–Kier alpha value is -3.72. The minimum atomic E-state index is -0.242. The maximum atomic E-state index is 13.4. The summed E-state index contributed by atoms with van der Waals surface area (Å²) in [6, 6.07) is 25.8. The molecule has 41 heavy (non-hydrogen) atoms. The van der Waals surface area contributed by atoms with E-state index in [0.29, 0.717) is 6.54 Å². The Balaban J connectivity index is 0.00000337. The Kier molecular flexibility index (Phi) is 9.67. The van der Waals surface area contributed by atoms with E-state index in [9.17, 15) is 4.39 Å². The SMILES string of the molecule is Br.Fc1ccc(-c2cnc(CN(Cc3ccc(CNCc4ccccn4)cc3)C3CCCc4cccnc43)[nH]2)cc1. The van der Waals surface area contributed by atoms with Gasteiger partial charge in [0.15, 0.2) is 0 Å². The molecule has 1 aliphatic carbocycles. The van der Waals surface area contributed by atoms with Crippen molar-refractivity contribution < 1.29 is 4.39 Å². The molecule has 5 aromatic rings. The van der Waals surface area contributed by atoms with E-state index in [-0.39, 0.29) is 28.8 Å². The Labute approximate surface area is 250 Å². The number of nitrogens with zero attached hydrogens (tertiary/aromatic N) is 4. The summed E-state index contributed by atoms with van der Waals surface area (Å²) in [5.41, 5.74) is 7.85. The highest BCUT2D eigenvalue weighted by atomic mass is 79.9. The van der Waals surface area contributed by atoms with Crippen molar-refractivity contribution in [2.75, 3.05) is 0 Å². The first-order chi connectivity index (χ1) is 19.7. The molecule has 3 heterocycles. The molecule has 2 aromatic carbocycles. The van der Waals surface area contributed by atoms with Crippen LogP contribution in [0.3, 0.4) is 0 Å². The number of rotatable bonds is 10. The van der Waals surface area contributed by atoms with Crippen LogP contribution in [0, 0.1) is 5.82 Å². The third kappa shape index (κ3) is 7.33. The van der Waals surface area contributed by atoms with Gasteiger partial charge in [0.1, 0.15) is 11.6 Å². The molecular formula is C33H34BrFN6. The van der Waals surface area contributed by atoms with Gasteiger partial charge in [-0.05, 0) is 84.0 Å². The number of aromatic amines is 1. The highest BCUT2D eigenvalue weighted by molar-refractivity contribution is 8.93. The van der Waals surface area contributed by atoms with Crippen molar-refractivity contribution in [2.45, 2.75) is 51.5 Å². The van der Waals surface area contributed by atoms with Crippen LogP contribution in [0.2, 0.25) is 0 Å². The molecule has 2 N–H and O–H groups in total. The number of pyridine rings is 2. The number of aryl methyl sites for hydroxylation is 1. The lowest BCUT2D eigenvalue weighted by Gasteiger charge is -2.34. The van der Waals surface area contributed by atoms with Crippen LogP contribution in [-0.4, -0.2) is 24.8 Å². The third-order valence-corrected chi connectivity index (χ3v) is 7.51. The van der Waals surface area contributed by atoms with Crippen molar-refractivity contribution in [3.63, 3.8) is 0 Å². The molecule has 8 heteroatoms. The zero-order chi connectivity index (χ0) is 27.1. The van der Waals surface area contributed by atoms with Gasteiger partial charge in [0, 0.05) is 32.0 Å². The summed E-state index contributed by atoms with van der Waals surface area (Å²) in [5.74, 6) is 0.644. The molecule has 0 bridgehead atoms. The molecule has 3 aromatic heterocycles. The number of benzene rings is 2. The molecule has 0 saturated heterocycles. The van der Waals surface area contributed by atoms with Crippen molar-refractivity contribution >= 4 is 17.0 Å². The number of hydrogen-bond acceptors (Lipinski definition) is 5. The minimum Gasteiger partial charge on any atom is -0.341 e. The van der Waals surface area contributed by atoms with Gasteiger partial charge >= 0.3 is 0 Å². The normalized spacial score (nSPS) is 14.4. The summed E-state index contributed by atoms with van der Waals surface area (Å²) in [7, 11) is 0. The third-order valence-electron chi connectivity index (χ3n) is 7.51. The second kappa shape index (κ2) is 13.8. The van der Waals surface area contributed by atoms with Gasteiger partial charge in [0.2, 0.25) is 0 Å². The summed E-state index contributed by atoms with van der Waals surface area (Å²) in [4.78, 5) is 19.8. The van der Waals surface area contributed by atoms with Gasteiger partial charge in [-0.2, -0.15) is 0 Å². The number of nitrogens with one attached hydrogen (secondary N) is 2. The molecule has 1 aliphatic rings. The standard InChI is InChI=1S/C33H33FN6.BrH/c34-28-15-13-26(14-16-28)30-21-38-32(39-30)23-40(31-8-3-5-27-6-4-18-37-33(27)31)22-25-11-9-24(10-12-25)19-35-20-29-7-1-2-17-36-29;/h1-2,4,6-7,9-18,21,31,35H,3,5,8,19-20,22-23H2,(H,38,39);1H. The molecule has 210 valence electrons. The van der Waals surface area contributed by atoms with Gasteiger partial charge in [-0.1, -0.05) is 36.4 Å². The topological polar surface area (TPSA) is 69.7 Å². The second-order valence-corrected chi connectivity index (χ2v) is 10.4. The lowest BCUT2D eigenvalue weighted by Crippen LogP contribution is -2.31. The van der Waals surface area contributed by atoms with E-state index >= 15 is 0 Å². The van der Waals surface area contributed by atoms with Crippen LogP contribution in [0.1, 0.15) is 52.8 Å². The molecule has 0 amide bonds. The lowest BCUT2D eigenvalue weighted by atomic mass is 9.90. The van der Waals surface area contributed by atoms with Crippen LogP contribution in [0.4, 0.5) is 4.39 Å². The van der Waals surface area contributed by atoms with E-state index in [1.165, 1.54) is 34.5 Å². The number of hydrogen-bond donors (Lipinski definition) is 2. The van der Waals surface area contributed by atoms with Gasteiger partial charge in [-0.25, -0.2) is 9.37 Å². The molecule has 0 spiro atoms. The van der Waals surface area contributed by atoms with E-state index < -0.39 is 0 Å². The molecule has 6 nitrogen and oxygen atoms in total. The van der Waals surface area contributed by atoms with Crippen molar-refractivity contribution in [2.24, 2.45) is 0 Å². The van der Waals surface area contributed by atoms with Gasteiger partial charge in [-0.3, -0.25) is 14.9 Å². The predicted molar refractivity (Wildman–Crippen MR) is 165 cm³/mol. The number of halogens is 2. The summed E-state index contributed by atoms with van der Waals surface area (Å²) < 4.78 is 13.4. The minimum absolute atomic E-state index is 0. The van der Waals surface area contributed by atoms with Gasteiger partial charge in [0.25, 0.3) is 0 Å². The number of H-pyrrole nitrogens is 1.